The van der Waals surface area contributed by atoms with Crippen molar-refractivity contribution in [3.8, 4) is 0 Å². The summed E-state index contributed by atoms with van der Waals surface area (Å²) in [6.45, 7) is 7.76. The van der Waals surface area contributed by atoms with Crippen LogP contribution in [0.25, 0.3) is 0 Å². The van der Waals surface area contributed by atoms with E-state index in [4.69, 9.17) is 0 Å². The van der Waals surface area contributed by atoms with E-state index in [-0.39, 0.29) is 30.7 Å². The molecule has 0 radical (unpaired) electrons. The van der Waals surface area contributed by atoms with E-state index < -0.39 is 0 Å². The van der Waals surface area contributed by atoms with Gasteiger partial charge >= 0.3 is 0 Å². The zero-order chi connectivity index (χ0) is 16.8. The minimum Gasteiger partial charge on any atom is -0.326 e. The number of nitrogens with one attached hydrogen (secondary N) is 2. The van der Waals surface area contributed by atoms with E-state index in [2.05, 4.69) is 22.7 Å². The number of aryl methyl sites for hydroxylation is 2. The highest BCUT2D eigenvalue weighted by Gasteiger charge is 2.12. The average Bonchev–Trinajstić information content (AvgIpc) is 2.77. The summed E-state index contributed by atoms with van der Waals surface area (Å²) in [6, 6.07) is 7.92. The molecular formula is C18H28Cl2N4O. The first-order valence-corrected chi connectivity index (χ1v) is 8.10. The van der Waals surface area contributed by atoms with Crippen LogP contribution in [0.1, 0.15) is 35.9 Å². The highest BCUT2D eigenvalue weighted by Crippen LogP contribution is 2.17. The summed E-state index contributed by atoms with van der Waals surface area (Å²) in [5.41, 5.74) is 5.30. The summed E-state index contributed by atoms with van der Waals surface area (Å²) >= 11 is 0. The SMILES string of the molecule is CCNCc1ccccc1NC(=O)CCc1c(C)nn(C)c1C.Cl.Cl. The van der Waals surface area contributed by atoms with Gasteiger partial charge in [0.15, 0.2) is 0 Å². The zero-order valence-electron chi connectivity index (χ0n) is 15.3. The summed E-state index contributed by atoms with van der Waals surface area (Å²) in [5, 5.41) is 10.7. The molecule has 0 bridgehead atoms. The lowest BCUT2D eigenvalue weighted by molar-refractivity contribution is -0.116. The Morgan fingerprint density at radius 3 is 2.48 bits per heavy atom. The maximum Gasteiger partial charge on any atom is 0.224 e. The van der Waals surface area contributed by atoms with Crippen molar-refractivity contribution in [2.75, 3.05) is 11.9 Å². The summed E-state index contributed by atoms with van der Waals surface area (Å²) in [6.07, 6.45) is 1.18. The van der Waals surface area contributed by atoms with Crippen LogP contribution in [0, 0.1) is 13.8 Å². The number of halogens is 2. The summed E-state index contributed by atoms with van der Waals surface area (Å²) in [4.78, 5) is 12.3. The van der Waals surface area contributed by atoms with Crippen LogP contribution in [0.4, 0.5) is 5.69 Å². The number of aromatic nitrogens is 2. The predicted octanol–water partition coefficient (Wildman–Crippen LogP) is 3.56. The molecule has 1 heterocycles. The van der Waals surface area contributed by atoms with E-state index in [0.29, 0.717) is 12.8 Å². The number of amides is 1. The highest BCUT2D eigenvalue weighted by atomic mass is 35.5. The fourth-order valence-electron chi connectivity index (χ4n) is 2.69. The van der Waals surface area contributed by atoms with Crippen molar-refractivity contribution in [3.63, 3.8) is 0 Å². The number of carbonyl (C=O) groups excluding carboxylic acids is 1. The molecule has 1 aromatic heterocycles. The molecule has 0 unspecified atom stereocenters. The zero-order valence-corrected chi connectivity index (χ0v) is 16.9. The van der Waals surface area contributed by atoms with E-state index in [1.165, 1.54) is 5.56 Å². The average molecular weight is 387 g/mol. The van der Waals surface area contributed by atoms with Gasteiger partial charge in [-0.1, -0.05) is 25.1 Å². The molecule has 2 aromatic rings. The van der Waals surface area contributed by atoms with Gasteiger partial charge in [0.25, 0.3) is 0 Å². The predicted molar refractivity (Wildman–Crippen MR) is 108 cm³/mol. The van der Waals surface area contributed by atoms with E-state index in [1.807, 2.05) is 49.8 Å². The monoisotopic (exact) mass is 386 g/mol. The Morgan fingerprint density at radius 2 is 1.88 bits per heavy atom. The lowest BCUT2D eigenvalue weighted by atomic mass is 10.1. The van der Waals surface area contributed by atoms with Crippen molar-refractivity contribution in [2.45, 2.75) is 40.2 Å². The van der Waals surface area contributed by atoms with Crippen molar-refractivity contribution in [3.05, 3.63) is 46.8 Å². The number of nitrogens with zero attached hydrogens (tertiary/aromatic N) is 2. The first kappa shape index (κ1) is 23.4. The normalized spacial score (nSPS) is 9.92. The summed E-state index contributed by atoms with van der Waals surface area (Å²) in [7, 11) is 1.93. The van der Waals surface area contributed by atoms with Gasteiger partial charge in [-0.25, -0.2) is 0 Å². The number of carbonyl (C=O) groups is 1. The molecule has 1 amide bonds. The van der Waals surface area contributed by atoms with Gasteiger partial charge in [-0.05, 0) is 44.0 Å². The minimum absolute atomic E-state index is 0. The minimum atomic E-state index is 0. The molecule has 140 valence electrons. The van der Waals surface area contributed by atoms with Crippen molar-refractivity contribution in [1.82, 2.24) is 15.1 Å². The Morgan fingerprint density at radius 1 is 1.20 bits per heavy atom. The maximum absolute atomic E-state index is 12.3. The van der Waals surface area contributed by atoms with Crippen LogP contribution in [-0.4, -0.2) is 22.2 Å². The molecule has 2 rings (SSSR count). The van der Waals surface area contributed by atoms with E-state index in [0.717, 1.165) is 35.7 Å². The second-order valence-electron chi connectivity index (χ2n) is 5.76. The number of rotatable bonds is 7. The molecule has 0 aliphatic heterocycles. The number of hydrogen-bond acceptors (Lipinski definition) is 3. The molecule has 1 aromatic carbocycles. The van der Waals surface area contributed by atoms with Crippen LogP contribution in [0.5, 0.6) is 0 Å². The van der Waals surface area contributed by atoms with E-state index in [9.17, 15) is 4.79 Å². The first-order valence-electron chi connectivity index (χ1n) is 8.10. The second-order valence-corrected chi connectivity index (χ2v) is 5.76. The lowest BCUT2D eigenvalue weighted by Gasteiger charge is -2.11. The molecule has 7 heteroatoms. The number of hydrogen-bond donors (Lipinski definition) is 2. The molecular weight excluding hydrogens is 359 g/mol. The van der Waals surface area contributed by atoms with Crippen LogP contribution in [0.2, 0.25) is 0 Å². The van der Waals surface area contributed by atoms with Gasteiger partial charge in [-0.3, -0.25) is 9.48 Å². The lowest BCUT2D eigenvalue weighted by Crippen LogP contribution is -2.17. The first-order chi connectivity index (χ1) is 11.0. The Balaban J connectivity index is 0.00000288. The third kappa shape index (κ3) is 6.34. The highest BCUT2D eigenvalue weighted by molar-refractivity contribution is 5.91. The standard InChI is InChI=1S/C18H26N4O.2ClH/c1-5-19-12-15-8-6-7-9-17(15)20-18(23)11-10-16-13(2)21-22(4)14(16)3;;/h6-9,19H,5,10-12H2,1-4H3,(H,20,23);2*1H. The molecule has 0 aliphatic carbocycles. The molecule has 5 nitrogen and oxygen atoms in total. The van der Waals surface area contributed by atoms with Gasteiger partial charge in [0.2, 0.25) is 5.91 Å². The number of benzene rings is 1. The van der Waals surface area contributed by atoms with Crippen molar-refractivity contribution < 1.29 is 4.79 Å². The van der Waals surface area contributed by atoms with Crippen LogP contribution in [0.3, 0.4) is 0 Å². The quantitative estimate of drug-likeness (QED) is 0.764. The third-order valence-corrected chi connectivity index (χ3v) is 4.12. The molecule has 0 saturated carbocycles. The summed E-state index contributed by atoms with van der Waals surface area (Å²) in [5.74, 6) is 0.0385. The second kappa shape index (κ2) is 11.1. The van der Waals surface area contributed by atoms with Crippen LogP contribution < -0.4 is 10.6 Å². The molecule has 0 saturated heterocycles. The molecule has 2 N–H and O–H groups in total. The molecule has 0 spiro atoms. The topological polar surface area (TPSA) is 58.9 Å². The molecule has 0 atom stereocenters. The fourth-order valence-corrected chi connectivity index (χ4v) is 2.69. The van der Waals surface area contributed by atoms with Gasteiger partial charge in [-0.15, -0.1) is 24.8 Å². The van der Waals surface area contributed by atoms with E-state index in [1.54, 1.807) is 0 Å². The number of anilines is 1. The largest absolute Gasteiger partial charge is 0.326 e. The van der Waals surface area contributed by atoms with Gasteiger partial charge < -0.3 is 10.6 Å². The Hall–Kier alpha value is -1.56. The summed E-state index contributed by atoms with van der Waals surface area (Å²) < 4.78 is 1.87. The molecule has 25 heavy (non-hydrogen) atoms. The molecule has 0 aliphatic rings. The van der Waals surface area contributed by atoms with Crippen molar-refractivity contribution in [1.29, 1.82) is 0 Å². The Bertz CT molecular complexity index is 686. The van der Waals surface area contributed by atoms with Crippen molar-refractivity contribution >= 4 is 36.4 Å². The van der Waals surface area contributed by atoms with Crippen molar-refractivity contribution in [2.24, 2.45) is 7.05 Å². The maximum atomic E-state index is 12.3. The number of para-hydroxylation sites is 1. The van der Waals surface area contributed by atoms with Crippen LogP contribution in [-0.2, 0) is 24.8 Å². The fraction of sp³-hybridized carbons (Fsp3) is 0.444. The van der Waals surface area contributed by atoms with Gasteiger partial charge in [0, 0.05) is 31.4 Å². The smallest absolute Gasteiger partial charge is 0.224 e. The van der Waals surface area contributed by atoms with Crippen LogP contribution >= 0.6 is 24.8 Å². The van der Waals surface area contributed by atoms with Gasteiger partial charge in [-0.2, -0.15) is 5.10 Å². The van der Waals surface area contributed by atoms with Crippen LogP contribution in [0.15, 0.2) is 24.3 Å². The Labute approximate surface area is 162 Å². The van der Waals surface area contributed by atoms with Gasteiger partial charge in [0.05, 0.1) is 5.69 Å². The third-order valence-electron chi connectivity index (χ3n) is 4.12. The Kier molecular flexibility index (Phi) is 10.4. The van der Waals surface area contributed by atoms with Gasteiger partial charge in [0.1, 0.15) is 0 Å². The molecule has 0 fully saturated rings. The van der Waals surface area contributed by atoms with E-state index >= 15 is 0 Å².